The summed E-state index contributed by atoms with van der Waals surface area (Å²) in [6.45, 7) is 0.334. The molecular weight excluding hydrogens is 249 g/mol. The molecule has 1 aromatic heterocycles. The monoisotopic (exact) mass is 262 g/mol. The van der Waals surface area contributed by atoms with Gasteiger partial charge < -0.3 is 10.0 Å². The SMILES string of the molecule is CN(CCCC(=O)O)c1cccc(C(F)(F)F)n1. The summed E-state index contributed by atoms with van der Waals surface area (Å²) in [5.74, 6) is -0.754. The van der Waals surface area contributed by atoms with Gasteiger partial charge in [0.1, 0.15) is 11.5 Å². The maximum atomic E-state index is 12.4. The standard InChI is InChI=1S/C11H13F3N2O2/c1-16(7-3-6-10(17)18)9-5-2-4-8(15-9)11(12,13)14/h2,4-5H,3,6-7H2,1H3,(H,17,18). The van der Waals surface area contributed by atoms with Gasteiger partial charge in [-0.3, -0.25) is 4.79 Å². The smallest absolute Gasteiger partial charge is 0.433 e. The van der Waals surface area contributed by atoms with Gasteiger partial charge in [0.15, 0.2) is 0 Å². The van der Waals surface area contributed by atoms with Crippen LogP contribution in [0, 0.1) is 0 Å². The van der Waals surface area contributed by atoms with Crippen molar-refractivity contribution in [1.82, 2.24) is 4.98 Å². The number of carboxylic acid groups (broad SMARTS) is 1. The number of pyridine rings is 1. The minimum absolute atomic E-state index is 0.0245. The number of aromatic nitrogens is 1. The number of hydrogen-bond donors (Lipinski definition) is 1. The van der Waals surface area contributed by atoms with E-state index in [0.717, 1.165) is 6.07 Å². The molecule has 18 heavy (non-hydrogen) atoms. The molecule has 0 bridgehead atoms. The Morgan fingerprint density at radius 3 is 2.67 bits per heavy atom. The summed E-state index contributed by atoms with van der Waals surface area (Å²) < 4.78 is 37.3. The Morgan fingerprint density at radius 1 is 1.44 bits per heavy atom. The molecule has 1 aromatic rings. The van der Waals surface area contributed by atoms with E-state index in [2.05, 4.69) is 4.98 Å². The molecule has 0 saturated heterocycles. The summed E-state index contributed by atoms with van der Waals surface area (Å²) in [6, 6.07) is 3.63. The first-order valence-electron chi connectivity index (χ1n) is 5.28. The van der Waals surface area contributed by atoms with E-state index in [9.17, 15) is 18.0 Å². The first-order valence-corrected chi connectivity index (χ1v) is 5.28. The Hall–Kier alpha value is -1.79. The molecular formula is C11H13F3N2O2. The molecule has 1 N–H and O–H groups in total. The summed E-state index contributed by atoms with van der Waals surface area (Å²) in [6.07, 6.45) is -4.15. The average molecular weight is 262 g/mol. The number of carbonyl (C=O) groups is 1. The van der Waals surface area contributed by atoms with E-state index in [1.807, 2.05) is 0 Å². The Kier molecular flexibility index (Phi) is 4.52. The van der Waals surface area contributed by atoms with Gasteiger partial charge in [0.25, 0.3) is 0 Å². The number of hydrogen-bond acceptors (Lipinski definition) is 3. The van der Waals surface area contributed by atoms with Crippen molar-refractivity contribution in [3.05, 3.63) is 23.9 Å². The van der Waals surface area contributed by atoms with Crippen LogP contribution in [0.5, 0.6) is 0 Å². The predicted octanol–water partition coefficient (Wildman–Crippen LogP) is 2.40. The summed E-state index contributed by atoms with van der Waals surface area (Å²) in [5, 5.41) is 8.46. The van der Waals surface area contributed by atoms with Crippen LogP contribution >= 0.6 is 0 Å². The predicted molar refractivity (Wildman–Crippen MR) is 59.4 cm³/mol. The quantitative estimate of drug-likeness (QED) is 0.885. The van der Waals surface area contributed by atoms with Crippen LogP contribution in [0.2, 0.25) is 0 Å². The van der Waals surface area contributed by atoms with Crippen molar-refractivity contribution in [2.24, 2.45) is 0 Å². The molecule has 0 aliphatic carbocycles. The topological polar surface area (TPSA) is 53.4 Å². The summed E-state index contributed by atoms with van der Waals surface area (Å²) in [5.41, 5.74) is -0.954. The zero-order chi connectivity index (χ0) is 13.8. The number of rotatable bonds is 5. The third-order valence-electron chi connectivity index (χ3n) is 2.30. The summed E-state index contributed by atoms with van der Waals surface area (Å²) in [4.78, 5) is 15.3. The van der Waals surface area contributed by atoms with Gasteiger partial charge in [0.2, 0.25) is 0 Å². The molecule has 0 fully saturated rings. The largest absolute Gasteiger partial charge is 0.481 e. The van der Waals surface area contributed by atoms with E-state index in [1.165, 1.54) is 17.0 Å². The molecule has 0 unspecified atom stereocenters. The molecule has 4 nitrogen and oxygen atoms in total. The molecule has 1 heterocycles. The first-order chi connectivity index (χ1) is 8.30. The van der Waals surface area contributed by atoms with Crippen molar-refractivity contribution in [3.63, 3.8) is 0 Å². The number of anilines is 1. The van der Waals surface area contributed by atoms with E-state index in [1.54, 1.807) is 7.05 Å². The number of carboxylic acids is 1. The number of nitrogens with zero attached hydrogens (tertiary/aromatic N) is 2. The van der Waals surface area contributed by atoms with Crippen molar-refractivity contribution < 1.29 is 23.1 Å². The van der Waals surface area contributed by atoms with Gasteiger partial charge in [0.05, 0.1) is 0 Å². The Morgan fingerprint density at radius 2 is 2.11 bits per heavy atom. The Balaban J connectivity index is 2.68. The van der Waals surface area contributed by atoms with Gasteiger partial charge in [-0.05, 0) is 18.6 Å². The lowest BCUT2D eigenvalue weighted by molar-refractivity contribution is -0.141. The first kappa shape index (κ1) is 14.3. The molecule has 0 amide bonds. The van der Waals surface area contributed by atoms with Crippen LogP contribution in [0.25, 0.3) is 0 Å². The highest BCUT2D eigenvalue weighted by molar-refractivity contribution is 5.66. The van der Waals surface area contributed by atoms with Crippen molar-refractivity contribution in [3.8, 4) is 0 Å². The zero-order valence-electron chi connectivity index (χ0n) is 9.74. The Labute approximate surface area is 102 Å². The van der Waals surface area contributed by atoms with Crippen molar-refractivity contribution in [2.45, 2.75) is 19.0 Å². The van der Waals surface area contributed by atoms with E-state index < -0.39 is 17.8 Å². The number of alkyl halides is 3. The van der Waals surface area contributed by atoms with E-state index >= 15 is 0 Å². The van der Waals surface area contributed by atoms with Gasteiger partial charge in [0, 0.05) is 20.0 Å². The minimum Gasteiger partial charge on any atom is -0.481 e. The molecule has 0 radical (unpaired) electrons. The number of halogens is 3. The third kappa shape index (κ3) is 4.23. The molecule has 0 spiro atoms. The van der Waals surface area contributed by atoms with Crippen LogP contribution in [0.3, 0.4) is 0 Å². The molecule has 100 valence electrons. The second-order valence-electron chi connectivity index (χ2n) is 3.80. The minimum atomic E-state index is -4.47. The van der Waals surface area contributed by atoms with Crippen LogP contribution in [0.15, 0.2) is 18.2 Å². The highest BCUT2D eigenvalue weighted by atomic mass is 19.4. The van der Waals surface area contributed by atoms with Gasteiger partial charge in [-0.2, -0.15) is 13.2 Å². The molecule has 0 saturated carbocycles. The molecule has 0 aliphatic heterocycles. The lowest BCUT2D eigenvalue weighted by atomic mass is 10.3. The van der Waals surface area contributed by atoms with Crippen molar-refractivity contribution in [2.75, 3.05) is 18.5 Å². The van der Waals surface area contributed by atoms with E-state index in [-0.39, 0.29) is 12.2 Å². The van der Waals surface area contributed by atoms with Gasteiger partial charge in [-0.1, -0.05) is 6.07 Å². The second-order valence-corrected chi connectivity index (χ2v) is 3.80. The molecule has 1 rings (SSSR count). The van der Waals surface area contributed by atoms with Crippen molar-refractivity contribution >= 4 is 11.8 Å². The average Bonchev–Trinajstić information content (AvgIpc) is 2.27. The fourth-order valence-corrected chi connectivity index (χ4v) is 1.38. The van der Waals surface area contributed by atoms with Gasteiger partial charge in [-0.25, -0.2) is 4.98 Å². The van der Waals surface area contributed by atoms with Crippen LogP contribution in [0.1, 0.15) is 18.5 Å². The molecule has 0 aliphatic rings. The van der Waals surface area contributed by atoms with Crippen LogP contribution in [-0.4, -0.2) is 29.7 Å². The van der Waals surface area contributed by atoms with Crippen molar-refractivity contribution in [1.29, 1.82) is 0 Å². The van der Waals surface area contributed by atoms with Gasteiger partial charge >= 0.3 is 12.1 Å². The normalized spacial score (nSPS) is 11.3. The maximum Gasteiger partial charge on any atom is 0.433 e. The lowest BCUT2D eigenvalue weighted by Gasteiger charge is -2.18. The zero-order valence-corrected chi connectivity index (χ0v) is 9.74. The van der Waals surface area contributed by atoms with Gasteiger partial charge in [-0.15, -0.1) is 0 Å². The van der Waals surface area contributed by atoms with Crippen LogP contribution in [-0.2, 0) is 11.0 Å². The van der Waals surface area contributed by atoms with Crippen LogP contribution < -0.4 is 4.90 Å². The summed E-state index contributed by atoms with van der Waals surface area (Å²) >= 11 is 0. The molecule has 0 aromatic carbocycles. The second kappa shape index (κ2) is 5.70. The number of aliphatic carboxylic acids is 1. The van der Waals surface area contributed by atoms with Crippen LogP contribution in [0.4, 0.5) is 19.0 Å². The van der Waals surface area contributed by atoms with E-state index in [4.69, 9.17) is 5.11 Å². The maximum absolute atomic E-state index is 12.4. The highest BCUT2D eigenvalue weighted by Crippen LogP contribution is 2.28. The lowest BCUT2D eigenvalue weighted by Crippen LogP contribution is -2.21. The highest BCUT2D eigenvalue weighted by Gasteiger charge is 2.32. The third-order valence-corrected chi connectivity index (χ3v) is 2.30. The summed E-state index contributed by atoms with van der Waals surface area (Å²) in [7, 11) is 1.57. The fraction of sp³-hybridized carbons (Fsp3) is 0.455. The van der Waals surface area contributed by atoms with E-state index in [0.29, 0.717) is 13.0 Å². The molecule has 0 atom stereocenters. The molecule has 7 heteroatoms. The fourth-order valence-electron chi connectivity index (χ4n) is 1.38. The Bertz CT molecular complexity index is 421.